The molecule has 0 unspecified atom stereocenters. The largest absolute Gasteiger partial charge is 0.337 e. The highest BCUT2D eigenvalue weighted by Crippen LogP contribution is 2.26. The first-order valence-corrected chi connectivity index (χ1v) is 6.02. The highest BCUT2D eigenvalue weighted by Gasteiger charge is 2.17. The fourth-order valence-electron chi connectivity index (χ4n) is 1.58. The molecule has 0 spiro atoms. The lowest BCUT2D eigenvalue weighted by atomic mass is 10.2. The second-order valence-corrected chi connectivity index (χ2v) is 4.65. The number of nitrogens with zero attached hydrogens (tertiary/aromatic N) is 2. The monoisotopic (exact) mass is 283 g/mol. The van der Waals surface area contributed by atoms with E-state index in [1.807, 2.05) is 0 Å². The van der Waals surface area contributed by atoms with Crippen molar-refractivity contribution in [3.8, 4) is 0 Å². The molecule has 2 aromatic rings. The van der Waals surface area contributed by atoms with Crippen LogP contribution in [0.4, 0.5) is 0 Å². The third kappa shape index (κ3) is 2.66. The normalized spacial score (nSPS) is 10.4. The Kier molecular flexibility index (Phi) is 3.89. The molecule has 0 radical (unpaired) electrons. The van der Waals surface area contributed by atoms with Crippen LogP contribution < -0.4 is 0 Å². The topological polar surface area (TPSA) is 49.0 Å². The van der Waals surface area contributed by atoms with Crippen LogP contribution in [0, 0.1) is 0 Å². The molecule has 0 saturated carbocycles. The van der Waals surface area contributed by atoms with Gasteiger partial charge in [-0.05, 0) is 12.1 Å². The van der Waals surface area contributed by atoms with E-state index in [4.69, 9.17) is 23.2 Å². The van der Waals surface area contributed by atoms with E-state index in [2.05, 4.69) is 10.2 Å². The van der Waals surface area contributed by atoms with Crippen molar-refractivity contribution in [3.05, 3.63) is 51.8 Å². The van der Waals surface area contributed by atoms with Gasteiger partial charge >= 0.3 is 0 Å². The van der Waals surface area contributed by atoms with Crippen molar-refractivity contribution < 1.29 is 4.79 Å². The summed E-state index contributed by atoms with van der Waals surface area (Å²) < 4.78 is 0. The summed E-state index contributed by atoms with van der Waals surface area (Å²) in [4.78, 5) is 13.8. The molecule has 2 rings (SSSR count). The van der Waals surface area contributed by atoms with Gasteiger partial charge in [0.1, 0.15) is 0 Å². The van der Waals surface area contributed by atoms with Gasteiger partial charge in [-0.15, -0.1) is 0 Å². The fraction of sp³-hybridized carbons (Fsp3) is 0.167. The second-order valence-electron chi connectivity index (χ2n) is 3.87. The average Bonchev–Trinajstić information content (AvgIpc) is 2.84. The lowest BCUT2D eigenvalue weighted by Gasteiger charge is -2.17. The van der Waals surface area contributed by atoms with Gasteiger partial charge in [-0.3, -0.25) is 9.89 Å². The Bertz CT molecular complexity index is 554. The Morgan fingerprint density at radius 3 is 2.89 bits per heavy atom. The minimum absolute atomic E-state index is 0.177. The molecule has 0 saturated heterocycles. The minimum Gasteiger partial charge on any atom is -0.337 e. The quantitative estimate of drug-likeness (QED) is 0.942. The van der Waals surface area contributed by atoms with Gasteiger partial charge in [0.05, 0.1) is 21.8 Å². The van der Waals surface area contributed by atoms with Crippen LogP contribution >= 0.6 is 23.2 Å². The SMILES string of the molecule is CN(Cc1cn[nH]c1)C(=O)c1cccc(Cl)c1Cl. The zero-order valence-corrected chi connectivity index (χ0v) is 11.2. The summed E-state index contributed by atoms with van der Waals surface area (Å²) in [5, 5.41) is 7.18. The number of amides is 1. The van der Waals surface area contributed by atoms with Crippen LogP contribution in [0.25, 0.3) is 0 Å². The molecule has 1 aromatic heterocycles. The number of carbonyl (C=O) groups excluding carboxylic acids is 1. The molecule has 0 atom stereocenters. The first-order valence-electron chi connectivity index (χ1n) is 5.26. The van der Waals surface area contributed by atoms with Gasteiger partial charge in [0.25, 0.3) is 5.91 Å². The van der Waals surface area contributed by atoms with Crippen LogP contribution in [-0.2, 0) is 6.54 Å². The van der Waals surface area contributed by atoms with E-state index < -0.39 is 0 Å². The molecule has 6 heteroatoms. The molecule has 1 heterocycles. The predicted octanol–water partition coefficient (Wildman–Crippen LogP) is 2.99. The fourth-order valence-corrected chi connectivity index (χ4v) is 1.97. The average molecular weight is 284 g/mol. The first kappa shape index (κ1) is 12.9. The van der Waals surface area contributed by atoms with Crippen LogP contribution in [0.15, 0.2) is 30.6 Å². The third-order valence-corrected chi connectivity index (χ3v) is 3.32. The Labute approximate surface area is 115 Å². The van der Waals surface area contributed by atoms with Crippen molar-refractivity contribution in [1.29, 1.82) is 0 Å². The molecule has 1 aromatic carbocycles. The summed E-state index contributed by atoms with van der Waals surface area (Å²) in [7, 11) is 1.70. The summed E-state index contributed by atoms with van der Waals surface area (Å²) >= 11 is 11.9. The maximum atomic E-state index is 12.2. The summed E-state index contributed by atoms with van der Waals surface area (Å²) in [5.74, 6) is -0.177. The Morgan fingerprint density at radius 1 is 1.44 bits per heavy atom. The molecule has 18 heavy (non-hydrogen) atoms. The molecule has 0 aliphatic carbocycles. The molecular weight excluding hydrogens is 273 g/mol. The van der Waals surface area contributed by atoms with Crippen molar-refractivity contribution in [2.75, 3.05) is 7.05 Å². The lowest BCUT2D eigenvalue weighted by molar-refractivity contribution is 0.0785. The Morgan fingerprint density at radius 2 is 2.22 bits per heavy atom. The maximum Gasteiger partial charge on any atom is 0.255 e. The van der Waals surface area contributed by atoms with Gasteiger partial charge in [-0.1, -0.05) is 29.3 Å². The van der Waals surface area contributed by atoms with E-state index >= 15 is 0 Å². The maximum absolute atomic E-state index is 12.2. The number of hydrogen-bond acceptors (Lipinski definition) is 2. The van der Waals surface area contributed by atoms with Crippen LogP contribution in [0.3, 0.4) is 0 Å². The summed E-state index contributed by atoms with van der Waals surface area (Å²) in [6, 6.07) is 5.01. The molecule has 0 aliphatic rings. The van der Waals surface area contributed by atoms with Crippen molar-refractivity contribution in [1.82, 2.24) is 15.1 Å². The highest BCUT2D eigenvalue weighted by atomic mass is 35.5. The van der Waals surface area contributed by atoms with Gasteiger partial charge in [0.15, 0.2) is 0 Å². The zero-order valence-electron chi connectivity index (χ0n) is 9.65. The predicted molar refractivity (Wildman–Crippen MR) is 70.8 cm³/mol. The van der Waals surface area contributed by atoms with Crippen molar-refractivity contribution in [2.24, 2.45) is 0 Å². The van der Waals surface area contributed by atoms with E-state index in [0.717, 1.165) is 5.56 Å². The first-order chi connectivity index (χ1) is 8.59. The van der Waals surface area contributed by atoms with Crippen LogP contribution in [-0.4, -0.2) is 28.1 Å². The van der Waals surface area contributed by atoms with Crippen LogP contribution in [0.5, 0.6) is 0 Å². The van der Waals surface area contributed by atoms with E-state index in [-0.39, 0.29) is 10.9 Å². The molecule has 1 amide bonds. The molecule has 0 fully saturated rings. The number of H-pyrrole nitrogens is 1. The number of aromatic amines is 1. The van der Waals surface area contributed by atoms with Crippen LogP contribution in [0.1, 0.15) is 15.9 Å². The smallest absolute Gasteiger partial charge is 0.255 e. The van der Waals surface area contributed by atoms with Gasteiger partial charge < -0.3 is 4.90 Å². The van der Waals surface area contributed by atoms with Crippen molar-refractivity contribution >= 4 is 29.1 Å². The number of aromatic nitrogens is 2. The number of carbonyl (C=O) groups is 1. The van der Waals surface area contributed by atoms with Gasteiger partial charge in [0.2, 0.25) is 0 Å². The van der Waals surface area contributed by atoms with Gasteiger partial charge in [-0.2, -0.15) is 5.10 Å². The Balaban J connectivity index is 2.18. The summed E-state index contributed by atoms with van der Waals surface area (Å²) in [6.07, 6.45) is 3.41. The third-order valence-electron chi connectivity index (χ3n) is 2.50. The number of nitrogens with one attached hydrogen (secondary N) is 1. The zero-order chi connectivity index (χ0) is 13.1. The molecule has 0 bridgehead atoms. The molecule has 94 valence electrons. The number of halogens is 2. The highest BCUT2D eigenvalue weighted by molar-refractivity contribution is 6.43. The number of hydrogen-bond donors (Lipinski definition) is 1. The molecule has 4 nitrogen and oxygen atoms in total. The van der Waals surface area contributed by atoms with E-state index in [9.17, 15) is 4.79 Å². The molecule has 0 aliphatic heterocycles. The summed E-state index contributed by atoms with van der Waals surface area (Å²) in [5.41, 5.74) is 1.32. The number of benzene rings is 1. The van der Waals surface area contributed by atoms with Crippen molar-refractivity contribution in [3.63, 3.8) is 0 Å². The summed E-state index contributed by atoms with van der Waals surface area (Å²) in [6.45, 7) is 0.457. The minimum atomic E-state index is -0.177. The second kappa shape index (κ2) is 5.42. The van der Waals surface area contributed by atoms with E-state index in [1.54, 1.807) is 42.5 Å². The van der Waals surface area contributed by atoms with Crippen molar-refractivity contribution in [2.45, 2.75) is 6.54 Å². The standard InChI is InChI=1S/C12H11Cl2N3O/c1-17(7-8-5-15-16-6-8)12(18)9-3-2-4-10(13)11(9)14/h2-6H,7H2,1H3,(H,15,16). The number of rotatable bonds is 3. The lowest BCUT2D eigenvalue weighted by Crippen LogP contribution is -2.26. The van der Waals surface area contributed by atoms with Gasteiger partial charge in [0, 0.05) is 25.4 Å². The Hall–Kier alpha value is -1.52. The van der Waals surface area contributed by atoms with E-state index in [0.29, 0.717) is 17.1 Å². The van der Waals surface area contributed by atoms with Gasteiger partial charge in [-0.25, -0.2) is 0 Å². The van der Waals surface area contributed by atoms with Crippen LogP contribution in [0.2, 0.25) is 10.0 Å². The molecule has 1 N–H and O–H groups in total. The molecular formula is C12H11Cl2N3O. The van der Waals surface area contributed by atoms with E-state index in [1.165, 1.54) is 0 Å².